The Hall–Kier alpha value is -1.33. The van der Waals surface area contributed by atoms with E-state index < -0.39 is 10.8 Å². The van der Waals surface area contributed by atoms with Crippen molar-refractivity contribution in [1.82, 2.24) is 0 Å². The predicted molar refractivity (Wildman–Crippen MR) is 86.3 cm³/mol. The number of hydrogen-bond donors (Lipinski definition) is 1. The lowest BCUT2D eigenvalue weighted by Crippen LogP contribution is -2.02. The van der Waals surface area contributed by atoms with Crippen molar-refractivity contribution in [1.29, 1.82) is 0 Å². The number of hydrogen-bond acceptors (Lipinski definition) is 3. The zero-order valence-corrected chi connectivity index (χ0v) is 13.5. The molecule has 0 amide bonds. The molecule has 0 saturated carbocycles. The van der Waals surface area contributed by atoms with Crippen LogP contribution in [0.15, 0.2) is 51.8 Å². The van der Waals surface area contributed by atoms with E-state index >= 15 is 0 Å². The van der Waals surface area contributed by atoms with Crippen LogP contribution in [0.2, 0.25) is 0 Å². The van der Waals surface area contributed by atoms with Gasteiger partial charge in [-0.2, -0.15) is 0 Å². The highest BCUT2D eigenvalue weighted by molar-refractivity contribution is 9.10. The second kappa shape index (κ2) is 6.90. The smallest absolute Gasteiger partial charge is 0.123 e. The van der Waals surface area contributed by atoms with Crippen LogP contribution in [-0.4, -0.2) is 10.8 Å². The number of ether oxygens (including phenoxy) is 1. The third-order valence-electron chi connectivity index (χ3n) is 2.75. The van der Waals surface area contributed by atoms with Crippen molar-refractivity contribution < 1.29 is 8.95 Å². The largest absolute Gasteiger partial charge is 0.494 e. The lowest BCUT2D eigenvalue weighted by atomic mass is 10.2. The molecule has 0 radical (unpaired) electrons. The van der Waals surface area contributed by atoms with Crippen LogP contribution in [0.4, 0.5) is 5.69 Å². The van der Waals surface area contributed by atoms with Crippen molar-refractivity contribution in [2.75, 3.05) is 12.3 Å². The first-order valence-electron chi connectivity index (χ1n) is 6.25. The van der Waals surface area contributed by atoms with Gasteiger partial charge in [-0.15, -0.1) is 0 Å². The van der Waals surface area contributed by atoms with Crippen LogP contribution < -0.4 is 10.5 Å². The predicted octanol–water partition coefficient (Wildman–Crippen LogP) is 3.74. The summed E-state index contributed by atoms with van der Waals surface area (Å²) in [6, 6.07) is 12.9. The Balaban J connectivity index is 2.22. The molecule has 0 aromatic heterocycles. The number of anilines is 1. The van der Waals surface area contributed by atoms with Gasteiger partial charge in [-0.3, -0.25) is 4.21 Å². The molecule has 0 aliphatic rings. The summed E-state index contributed by atoms with van der Waals surface area (Å²) in [5, 5.41) is 0. The average Bonchev–Trinajstić information content (AvgIpc) is 2.42. The minimum atomic E-state index is -1.12. The average molecular weight is 354 g/mol. The maximum atomic E-state index is 12.4. The molecule has 1 unspecified atom stereocenters. The Morgan fingerprint density at radius 3 is 2.55 bits per heavy atom. The first-order valence-corrected chi connectivity index (χ1v) is 8.36. The van der Waals surface area contributed by atoms with Crippen LogP contribution in [-0.2, 0) is 16.6 Å². The number of rotatable bonds is 5. The molecule has 0 aliphatic carbocycles. The van der Waals surface area contributed by atoms with Gasteiger partial charge in [-0.05, 0) is 49.4 Å². The summed E-state index contributed by atoms with van der Waals surface area (Å²) < 4.78 is 18.9. The van der Waals surface area contributed by atoms with E-state index in [4.69, 9.17) is 10.5 Å². The van der Waals surface area contributed by atoms with Gasteiger partial charge in [0.05, 0.1) is 23.2 Å². The van der Waals surface area contributed by atoms with E-state index in [1.807, 2.05) is 43.3 Å². The normalized spacial score (nSPS) is 12.1. The summed E-state index contributed by atoms with van der Waals surface area (Å²) in [6.45, 7) is 2.49. The highest BCUT2D eigenvalue weighted by Crippen LogP contribution is 2.25. The Bertz CT molecular complexity index is 614. The molecule has 2 rings (SSSR count). The molecule has 0 bridgehead atoms. The summed E-state index contributed by atoms with van der Waals surface area (Å²) in [7, 11) is -1.12. The molecular formula is C15H16BrNO2S. The minimum Gasteiger partial charge on any atom is -0.494 e. The zero-order valence-electron chi connectivity index (χ0n) is 11.1. The number of nitrogens with two attached hydrogens (primary N) is 1. The fraction of sp³-hybridized carbons (Fsp3) is 0.200. The van der Waals surface area contributed by atoms with E-state index in [1.54, 1.807) is 6.07 Å². The quantitative estimate of drug-likeness (QED) is 0.833. The standard InChI is InChI=1S/C15H16BrNO2S/c1-2-19-15-8-5-13(17)9-11(15)10-20(18)14-6-3-12(16)4-7-14/h3-9H,2,10,17H2,1H3. The second-order valence-electron chi connectivity index (χ2n) is 4.24. The molecule has 3 nitrogen and oxygen atoms in total. The third kappa shape index (κ3) is 3.84. The first kappa shape index (κ1) is 15.1. The molecule has 20 heavy (non-hydrogen) atoms. The maximum absolute atomic E-state index is 12.4. The Labute approximate surface area is 129 Å². The van der Waals surface area contributed by atoms with E-state index in [-0.39, 0.29) is 0 Å². The van der Waals surface area contributed by atoms with Crippen LogP contribution in [0.25, 0.3) is 0 Å². The topological polar surface area (TPSA) is 52.3 Å². The molecule has 5 heteroatoms. The van der Waals surface area contributed by atoms with Crippen molar-refractivity contribution in [3.05, 3.63) is 52.5 Å². The molecular weight excluding hydrogens is 338 g/mol. The van der Waals surface area contributed by atoms with Gasteiger partial charge >= 0.3 is 0 Å². The van der Waals surface area contributed by atoms with Crippen molar-refractivity contribution in [3.8, 4) is 5.75 Å². The first-order chi connectivity index (χ1) is 9.60. The maximum Gasteiger partial charge on any atom is 0.123 e. The van der Waals surface area contributed by atoms with Gasteiger partial charge in [0.25, 0.3) is 0 Å². The monoisotopic (exact) mass is 353 g/mol. The van der Waals surface area contributed by atoms with Gasteiger partial charge < -0.3 is 10.5 Å². The minimum absolute atomic E-state index is 0.391. The van der Waals surface area contributed by atoms with E-state index in [1.165, 1.54) is 0 Å². The van der Waals surface area contributed by atoms with Crippen molar-refractivity contribution in [3.63, 3.8) is 0 Å². The highest BCUT2D eigenvalue weighted by Gasteiger charge is 2.10. The van der Waals surface area contributed by atoms with Crippen LogP contribution in [0, 0.1) is 0 Å². The van der Waals surface area contributed by atoms with Crippen molar-refractivity contribution >= 4 is 32.4 Å². The van der Waals surface area contributed by atoms with Crippen LogP contribution in [0.1, 0.15) is 12.5 Å². The molecule has 0 aliphatic heterocycles. The summed E-state index contributed by atoms with van der Waals surface area (Å²) in [6.07, 6.45) is 0. The van der Waals surface area contributed by atoms with Crippen LogP contribution in [0.5, 0.6) is 5.75 Å². The van der Waals surface area contributed by atoms with E-state index in [2.05, 4.69) is 15.9 Å². The van der Waals surface area contributed by atoms with Crippen LogP contribution in [0.3, 0.4) is 0 Å². The fourth-order valence-corrected chi connectivity index (χ4v) is 3.20. The van der Waals surface area contributed by atoms with Crippen LogP contribution >= 0.6 is 15.9 Å². The fourth-order valence-electron chi connectivity index (χ4n) is 1.82. The van der Waals surface area contributed by atoms with E-state index in [0.29, 0.717) is 18.0 Å². The molecule has 2 aromatic carbocycles. The molecule has 1 atom stereocenters. The highest BCUT2D eigenvalue weighted by atomic mass is 79.9. The lowest BCUT2D eigenvalue weighted by molar-refractivity contribution is 0.337. The molecule has 0 spiro atoms. The van der Waals surface area contributed by atoms with Crippen molar-refractivity contribution in [2.45, 2.75) is 17.6 Å². The summed E-state index contributed by atoms with van der Waals surface area (Å²) in [4.78, 5) is 0.790. The van der Waals surface area contributed by atoms with E-state index in [0.717, 1.165) is 20.7 Å². The van der Waals surface area contributed by atoms with Gasteiger partial charge in [0.1, 0.15) is 5.75 Å². The van der Waals surface area contributed by atoms with Gasteiger partial charge in [0.15, 0.2) is 0 Å². The van der Waals surface area contributed by atoms with Gasteiger partial charge in [0.2, 0.25) is 0 Å². The summed E-state index contributed by atoms with van der Waals surface area (Å²) in [5.74, 6) is 1.13. The van der Waals surface area contributed by atoms with Gasteiger partial charge in [0, 0.05) is 20.6 Å². The second-order valence-corrected chi connectivity index (χ2v) is 6.61. The number of benzene rings is 2. The summed E-state index contributed by atoms with van der Waals surface area (Å²) in [5.41, 5.74) is 7.32. The number of halogens is 1. The molecule has 106 valence electrons. The molecule has 0 saturated heterocycles. The molecule has 0 heterocycles. The van der Waals surface area contributed by atoms with Gasteiger partial charge in [-0.1, -0.05) is 15.9 Å². The Kier molecular flexibility index (Phi) is 5.20. The molecule has 2 N–H and O–H groups in total. The zero-order chi connectivity index (χ0) is 14.5. The molecule has 0 fully saturated rings. The molecule has 2 aromatic rings. The third-order valence-corrected chi connectivity index (χ3v) is 4.65. The Morgan fingerprint density at radius 2 is 1.90 bits per heavy atom. The van der Waals surface area contributed by atoms with Gasteiger partial charge in [-0.25, -0.2) is 0 Å². The lowest BCUT2D eigenvalue weighted by Gasteiger charge is -2.11. The summed E-state index contributed by atoms with van der Waals surface area (Å²) >= 11 is 3.37. The van der Waals surface area contributed by atoms with Crippen molar-refractivity contribution in [2.24, 2.45) is 0 Å². The Morgan fingerprint density at radius 1 is 1.20 bits per heavy atom. The number of nitrogen functional groups attached to an aromatic ring is 1. The SMILES string of the molecule is CCOc1ccc(N)cc1CS(=O)c1ccc(Br)cc1. The van der Waals surface area contributed by atoms with E-state index in [9.17, 15) is 4.21 Å².